The van der Waals surface area contributed by atoms with Crippen LogP contribution in [0.3, 0.4) is 0 Å². The Morgan fingerprint density at radius 1 is 1.25 bits per heavy atom. The van der Waals surface area contributed by atoms with Gasteiger partial charge in [0.25, 0.3) is 0 Å². The van der Waals surface area contributed by atoms with E-state index < -0.39 is 0 Å². The molecule has 0 saturated carbocycles. The van der Waals surface area contributed by atoms with Crippen molar-refractivity contribution in [1.82, 2.24) is 15.1 Å². The molecule has 0 unspecified atom stereocenters. The summed E-state index contributed by atoms with van der Waals surface area (Å²) in [6.45, 7) is 3.80. The van der Waals surface area contributed by atoms with Gasteiger partial charge in [0, 0.05) is 12.7 Å². The Bertz CT molecular complexity index is 460. The first kappa shape index (κ1) is 10.9. The Morgan fingerprint density at radius 2 is 2.06 bits per heavy atom. The molecule has 3 nitrogen and oxygen atoms in total. The molecule has 16 heavy (non-hydrogen) atoms. The fourth-order valence-electron chi connectivity index (χ4n) is 1.73. The predicted molar refractivity (Wildman–Crippen MR) is 65.3 cm³/mol. The lowest BCUT2D eigenvalue weighted by molar-refractivity contribution is 0.657. The van der Waals surface area contributed by atoms with Gasteiger partial charge in [-0.25, -0.2) is 0 Å². The monoisotopic (exact) mass is 215 g/mol. The van der Waals surface area contributed by atoms with Crippen molar-refractivity contribution in [2.24, 2.45) is 0 Å². The maximum Gasteiger partial charge on any atom is 0.0762 e. The molecule has 0 amide bonds. The van der Waals surface area contributed by atoms with Crippen LogP contribution in [0.4, 0.5) is 0 Å². The van der Waals surface area contributed by atoms with Crippen LogP contribution in [-0.4, -0.2) is 16.8 Å². The summed E-state index contributed by atoms with van der Waals surface area (Å²) in [4.78, 5) is 0. The lowest BCUT2D eigenvalue weighted by Crippen LogP contribution is -2.07. The molecular weight excluding hydrogens is 198 g/mol. The van der Waals surface area contributed by atoms with Gasteiger partial charge in [0.2, 0.25) is 0 Å². The third-order valence-corrected chi connectivity index (χ3v) is 2.65. The van der Waals surface area contributed by atoms with E-state index in [0.717, 1.165) is 18.8 Å². The number of rotatable bonds is 4. The van der Waals surface area contributed by atoms with Crippen molar-refractivity contribution in [3.63, 3.8) is 0 Å². The molecule has 0 spiro atoms. The molecular formula is C13H17N3. The van der Waals surface area contributed by atoms with Crippen LogP contribution in [-0.2, 0) is 13.1 Å². The highest BCUT2D eigenvalue weighted by molar-refractivity contribution is 5.25. The smallest absolute Gasteiger partial charge is 0.0762 e. The summed E-state index contributed by atoms with van der Waals surface area (Å²) in [6.07, 6.45) is 2.03. The maximum atomic E-state index is 4.49. The van der Waals surface area contributed by atoms with Gasteiger partial charge in [0.15, 0.2) is 0 Å². The summed E-state index contributed by atoms with van der Waals surface area (Å²) < 4.78 is 1.98. The zero-order chi connectivity index (χ0) is 11.4. The van der Waals surface area contributed by atoms with Gasteiger partial charge in [-0.1, -0.05) is 24.3 Å². The van der Waals surface area contributed by atoms with Crippen LogP contribution in [0.15, 0.2) is 36.5 Å². The first-order valence-corrected chi connectivity index (χ1v) is 5.51. The van der Waals surface area contributed by atoms with Gasteiger partial charge in [-0.3, -0.25) is 4.68 Å². The highest BCUT2D eigenvalue weighted by atomic mass is 15.3. The van der Waals surface area contributed by atoms with E-state index in [4.69, 9.17) is 0 Å². The Hall–Kier alpha value is -1.61. The van der Waals surface area contributed by atoms with Gasteiger partial charge in [-0.2, -0.15) is 5.10 Å². The van der Waals surface area contributed by atoms with Crippen LogP contribution in [0.2, 0.25) is 0 Å². The van der Waals surface area contributed by atoms with Crippen molar-refractivity contribution in [2.45, 2.75) is 20.0 Å². The number of benzene rings is 1. The van der Waals surface area contributed by atoms with Crippen LogP contribution in [0.5, 0.6) is 0 Å². The van der Waals surface area contributed by atoms with Gasteiger partial charge in [-0.15, -0.1) is 0 Å². The van der Waals surface area contributed by atoms with E-state index in [9.17, 15) is 0 Å². The molecule has 2 aromatic rings. The molecule has 1 N–H and O–H groups in total. The molecule has 1 aromatic carbocycles. The molecule has 0 aliphatic heterocycles. The molecule has 0 fully saturated rings. The second-order valence-electron chi connectivity index (χ2n) is 3.96. The largest absolute Gasteiger partial charge is 0.314 e. The van der Waals surface area contributed by atoms with Crippen LogP contribution >= 0.6 is 0 Å². The Balaban J connectivity index is 2.11. The zero-order valence-corrected chi connectivity index (χ0v) is 9.77. The summed E-state index contributed by atoms with van der Waals surface area (Å²) in [5.41, 5.74) is 3.71. The van der Waals surface area contributed by atoms with Gasteiger partial charge in [0.05, 0.1) is 12.2 Å². The molecule has 0 saturated heterocycles. The highest BCUT2D eigenvalue weighted by Crippen LogP contribution is 2.08. The second-order valence-corrected chi connectivity index (χ2v) is 3.96. The number of hydrogen-bond acceptors (Lipinski definition) is 2. The topological polar surface area (TPSA) is 29.9 Å². The van der Waals surface area contributed by atoms with Crippen molar-refractivity contribution in [1.29, 1.82) is 0 Å². The van der Waals surface area contributed by atoms with Crippen LogP contribution in [0, 0.1) is 6.92 Å². The van der Waals surface area contributed by atoms with Crippen molar-refractivity contribution in [3.05, 3.63) is 53.3 Å². The minimum Gasteiger partial charge on any atom is -0.314 e. The number of hydrogen-bond donors (Lipinski definition) is 1. The summed E-state index contributed by atoms with van der Waals surface area (Å²) in [6, 6.07) is 10.5. The molecule has 1 aromatic heterocycles. The summed E-state index contributed by atoms with van der Waals surface area (Å²) >= 11 is 0. The molecule has 0 bridgehead atoms. The zero-order valence-electron chi connectivity index (χ0n) is 9.77. The molecule has 3 heteroatoms. The Kier molecular flexibility index (Phi) is 3.37. The molecule has 0 aliphatic carbocycles. The molecule has 2 rings (SSSR count). The quantitative estimate of drug-likeness (QED) is 0.845. The van der Waals surface area contributed by atoms with E-state index in [1.165, 1.54) is 11.1 Å². The third-order valence-electron chi connectivity index (χ3n) is 2.65. The van der Waals surface area contributed by atoms with E-state index in [-0.39, 0.29) is 0 Å². The number of aryl methyl sites for hydroxylation is 1. The Morgan fingerprint density at radius 3 is 2.81 bits per heavy atom. The predicted octanol–water partition coefficient (Wildman–Crippen LogP) is 1.96. The Labute approximate surface area is 96.1 Å². The van der Waals surface area contributed by atoms with Gasteiger partial charge in [0.1, 0.15) is 0 Å². The minimum absolute atomic E-state index is 0.820. The second kappa shape index (κ2) is 4.94. The summed E-state index contributed by atoms with van der Waals surface area (Å²) in [5, 5.41) is 7.59. The van der Waals surface area contributed by atoms with Crippen molar-refractivity contribution < 1.29 is 0 Å². The van der Waals surface area contributed by atoms with E-state index >= 15 is 0 Å². The molecule has 84 valence electrons. The maximum absolute atomic E-state index is 4.49. The van der Waals surface area contributed by atoms with E-state index in [2.05, 4.69) is 47.7 Å². The fourth-order valence-corrected chi connectivity index (χ4v) is 1.73. The summed E-state index contributed by atoms with van der Waals surface area (Å²) in [7, 11) is 1.93. The average molecular weight is 215 g/mol. The van der Waals surface area contributed by atoms with Crippen molar-refractivity contribution in [2.75, 3.05) is 7.05 Å². The number of nitrogens with zero attached hydrogens (tertiary/aromatic N) is 2. The summed E-state index contributed by atoms with van der Waals surface area (Å²) in [5.74, 6) is 0. The van der Waals surface area contributed by atoms with Gasteiger partial charge >= 0.3 is 0 Å². The molecule has 0 atom stereocenters. The van der Waals surface area contributed by atoms with Crippen LogP contribution in [0.25, 0.3) is 0 Å². The molecule has 0 radical (unpaired) electrons. The molecule has 0 aliphatic rings. The average Bonchev–Trinajstić information content (AvgIpc) is 2.70. The van der Waals surface area contributed by atoms with Gasteiger partial charge in [-0.05, 0) is 31.2 Å². The first-order chi connectivity index (χ1) is 7.79. The lowest BCUT2D eigenvalue weighted by atomic mass is 10.1. The van der Waals surface area contributed by atoms with Crippen LogP contribution < -0.4 is 5.32 Å². The number of aromatic nitrogens is 2. The third kappa shape index (κ3) is 2.49. The molecule has 1 heterocycles. The van der Waals surface area contributed by atoms with Crippen LogP contribution in [0.1, 0.15) is 16.8 Å². The van der Waals surface area contributed by atoms with E-state index in [0.29, 0.717) is 0 Å². The first-order valence-electron chi connectivity index (χ1n) is 5.51. The van der Waals surface area contributed by atoms with E-state index in [1.54, 1.807) is 0 Å². The van der Waals surface area contributed by atoms with Crippen molar-refractivity contribution in [3.8, 4) is 0 Å². The fraction of sp³-hybridized carbons (Fsp3) is 0.308. The minimum atomic E-state index is 0.820. The van der Waals surface area contributed by atoms with E-state index in [1.807, 2.05) is 17.9 Å². The van der Waals surface area contributed by atoms with Crippen molar-refractivity contribution >= 4 is 0 Å². The lowest BCUT2D eigenvalue weighted by Gasteiger charge is -2.05. The normalized spacial score (nSPS) is 10.6. The number of nitrogens with one attached hydrogen (secondary N) is 1. The SMILES string of the molecule is CNCc1ccn(Cc2ccccc2C)n1. The standard InChI is InChI=1S/C13H17N3/c1-11-5-3-4-6-12(11)10-16-8-7-13(15-16)9-14-2/h3-8,14H,9-10H2,1-2H3. The van der Waals surface area contributed by atoms with Gasteiger partial charge < -0.3 is 5.32 Å². The highest BCUT2D eigenvalue weighted by Gasteiger charge is 2.00.